The fourth-order valence-electron chi connectivity index (χ4n) is 0.753. The van der Waals surface area contributed by atoms with Gasteiger partial charge in [-0.15, -0.1) is 0 Å². The average molecular weight is 194 g/mol. The summed E-state index contributed by atoms with van der Waals surface area (Å²) < 4.78 is 0. The van der Waals surface area contributed by atoms with Crippen LogP contribution in [0.2, 0.25) is 0 Å². The van der Waals surface area contributed by atoms with E-state index in [2.05, 4.69) is 29.5 Å². The smallest absolute Gasteiger partial charge is 0.165 e. The number of thiol groups is 1. The topological polar surface area (TPSA) is 59.1 Å². The summed E-state index contributed by atoms with van der Waals surface area (Å²) in [6, 6.07) is 1.49. The lowest BCUT2D eigenvalue weighted by atomic mass is 10.2. The Morgan fingerprint density at radius 3 is 3.00 bits per heavy atom. The molecule has 0 spiro atoms. The summed E-state index contributed by atoms with van der Waals surface area (Å²) in [6.45, 7) is 0. The summed E-state index contributed by atoms with van der Waals surface area (Å²) in [7, 11) is 0. The number of rotatable bonds is 1. The zero-order chi connectivity index (χ0) is 9.68. The summed E-state index contributed by atoms with van der Waals surface area (Å²) in [6.07, 6.45) is 2.24. The van der Waals surface area contributed by atoms with E-state index in [0.717, 1.165) is 5.75 Å². The van der Waals surface area contributed by atoms with Gasteiger partial charge in [0.2, 0.25) is 0 Å². The number of hydrogen-bond acceptors (Lipinski definition) is 4. The van der Waals surface area contributed by atoms with E-state index in [9.17, 15) is 5.11 Å². The first-order valence-electron chi connectivity index (χ1n) is 3.78. The van der Waals surface area contributed by atoms with E-state index in [4.69, 9.17) is 5.73 Å². The zero-order valence-corrected chi connectivity index (χ0v) is 7.88. The molecule has 13 heavy (non-hydrogen) atoms. The number of nitrogen functional groups attached to an aromatic ring is 1. The van der Waals surface area contributed by atoms with E-state index in [1.54, 1.807) is 0 Å². The Morgan fingerprint density at radius 1 is 1.62 bits per heavy atom. The molecule has 0 radical (unpaired) electrons. The van der Waals surface area contributed by atoms with Crippen molar-refractivity contribution in [3.05, 3.63) is 17.8 Å². The summed E-state index contributed by atoms with van der Waals surface area (Å²) >= 11 is 4.02. The largest absolute Gasteiger partial charge is 0.504 e. The maximum Gasteiger partial charge on any atom is 0.165 e. The van der Waals surface area contributed by atoms with Gasteiger partial charge in [-0.2, -0.15) is 12.6 Å². The normalized spacial score (nSPS) is 9.00. The van der Waals surface area contributed by atoms with Crippen LogP contribution in [0.1, 0.15) is 12.0 Å². The predicted octanol–water partition coefficient (Wildman–Crippen LogP) is 1.04. The standard InChI is InChI=1S/C9H10N2OS/c10-9-8(12)5-7(6-11-9)3-1-2-4-13/h5-6,12-13H,2,4H2,(H2,10,11). The third-order valence-corrected chi connectivity index (χ3v) is 1.59. The number of aromatic nitrogens is 1. The van der Waals surface area contributed by atoms with Crippen LogP contribution in [-0.4, -0.2) is 15.8 Å². The molecule has 0 saturated carbocycles. The molecule has 0 aliphatic heterocycles. The van der Waals surface area contributed by atoms with Crippen LogP contribution in [0.3, 0.4) is 0 Å². The second-order valence-electron chi connectivity index (χ2n) is 2.40. The molecule has 0 aromatic carbocycles. The highest BCUT2D eigenvalue weighted by molar-refractivity contribution is 7.80. The minimum Gasteiger partial charge on any atom is -0.504 e. The molecule has 0 amide bonds. The van der Waals surface area contributed by atoms with Crippen LogP contribution in [0.25, 0.3) is 0 Å². The third kappa shape index (κ3) is 2.88. The fraction of sp³-hybridized carbons (Fsp3) is 0.222. The van der Waals surface area contributed by atoms with E-state index in [-0.39, 0.29) is 11.6 Å². The fourth-order valence-corrected chi connectivity index (χ4v) is 0.864. The van der Waals surface area contributed by atoms with E-state index in [0.29, 0.717) is 12.0 Å². The number of anilines is 1. The Balaban J connectivity index is 2.81. The van der Waals surface area contributed by atoms with Crippen LogP contribution in [-0.2, 0) is 0 Å². The molecule has 0 atom stereocenters. The molecule has 1 aromatic heterocycles. The molecule has 0 bridgehead atoms. The van der Waals surface area contributed by atoms with Gasteiger partial charge in [0, 0.05) is 30.0 Å². The summed E-state index contributed by atoms with van der Waals surface area (Å²) in [5.41, 5.74) is 5.98. The molecule has 3 nitrogen and oxygen atoms in total. The van der Waals surface area contributed by atoms with Gasteiger partial charge in [-0.3, -0.25) is 0 Å². The first-order valence-corrected chi connectivity index (χ1v) is 4.41. The quantitative estimate of drug-likeness (QED) is 0.462. The molecule has 0 aliphatic carbocycles. The van der Waals surface area contributed by atoms with Gasteiger partial charge >= 0.3 is 0 Å². The molecule has 0 aliphatic rings. The molecule has 1 aromatic rings. The maximum absolute atomic E-state index is 9.19. The predicted molar refractivity (Wildman–Crippen MR) is 55.7 cm³/mol. The molecule has 1 rings (SSSR count). The van der Waals surface area contributed by atoms with Gasteiger partial charge in [0.25, 0.3) is 0 Å². The summed E-state index contributed by atoms with van der Waals surface area (Å²) in [4.78, 5) is 3.76. The Morgan fingerprint density at radius 2 is 2.38 bits per heavy atom. The first kappa shape index (κ1) is 9.75. The van der Waals surface area contributed by atoms with Gasteiger partial charge in [-0.05, 0) is 0 Å². The van der Waals surface area contributed by atoms with Crippen molar-refractivity contribution in [3.8, 4) is 17.6 Å². The molecule has 0 unspecified atom stereocenters. The van der Waals surface area contributed by atoms with Crippen LogP contribution in [0.5, 0.6) is 5.75 Å². The average Bonchev–Trinajstić information content (AvgIpc) is 2.12. The molecular weight excluding hydrogens is 184 g/mol. The van der Waals surface area contributed by atoms with Gasteiger partial charge in [0.1, 0.15) is 0 Å². The van der Waals surface area contributed by atoms with E-state index >= 15 is 0 Å². The monoisotopic (exact) mass is 194 g/mol. The highest BCUT2D eigenvalue weighted by Crippen LogP contribution is 2.16. The Hall–Kier alpha value is -1.34. The third-order valence-electron chi connectivity index (χ3n) is 1.37. The SMILES string of the molecule is Nc1ncc(C#CCCS)cc1O. The molecular formula is C9H10N2OS. The van der Waals surface area contributed by atoms with Crippen LogP contribution >= 0.6 is 12.6 Å². The van der Waals surface area contributed by atoms with Crippen LogP contribution in [0.4, 0.5) is 5.82 Å². The van der Waals surface area contributed by atoms with Gasteiger partial charge < -0.3 is 10.8 Å². The van der Waals surface area contributed by atoms with Crippen molar-refractivity contribution in [1.82, 2.24) is 4.98 Å². The van der Waals surface area contributed by atoms with E-state index in [1.807, 2.05) is 0 Å². The van der Waals surface area contributed by atoms with Crippen molar-refractivity contribution >= 4 is 18.4 Å². The van der Waals surface area contributed by atoms with Crippen LogP contribution in [0.15, 0.2) is 12.3 Å². The molecule has 3 N–H and O–H groups in total. The lowest BCUT2D eigenvalue weighted by molar-refractivity contribution is 0.475. The number of hydrogen-bond donors (Lipinski definition) is 3. The molecule has 4 heteroatoms. The highest BCUT2D eigenvalue weighted by Gasteiger charge is 1.96. The minimum atomic E-state index is -0.0299. The molecule has 1 heterocycles. The van der Waals surface area contributed by atoms with Crippen molar-refractivity contribution in [2.45, 2.75) is 6.42 Å². The number of aromatic hydroxyl groups is 1. The van der Waals surface area contributed by atoms with Gasteiger partial charge in [-0.1, -0.05) is 11.8 Å². The lowest BCUT2D eigenvalue weighted by Crippen LogP contribution is -1.90. The maximum atomic E-state index is 9.19. The number of nitrogens with zero attached hydrogens (tertiary/aromatic N) is 1. The minimum absolute atomic E-state index is 0.0299. The Kier molecular flexibility index (Phi) is 3.47. The summed E-state index contributed by atoms with van der Waals surface area (Å²) in [5.74, 6) is 6.53. The first-order chi connectivity index (χ1) is 6.24. The molecule has 0 saturated heterocycles. The van der Waals surface area contributed by atoms with Crippen molar-refractivity contribution in [2.75, 3.05) is 11.5 Å². The Labute approximate surface area is 82.4 Å². The highest BCUT2D eigenvalue weighted by atomic mass is 32.1. The molecule has 68 valence electrons. The lowest BCUT2D eigenvalue weighted by Gasteiger charge is -1.96. The second kappa shape index (κ2) is 4.63. The number of nitrogens with two attached hydrogens (primary N) is 1. The second-order valence-corrected chi connectivity index (χ2v) is 2.85. The van der Waals surface area contributed by atoms with Gasteiger partial charge in [-0.25, -0.2) is 4.98 Å². The van der Waals surface area contributed by atoms with Gasteiger partial charge in [0.15, 0.2) is 11.6 Å². The molecule has 0 fully saturated rings. The van der Waals surface area contributed by atoms with Crippen molar-refractivity contribution in [2.24, 2.45) is 0 Å². The summed E-state index contributed by atoms with van der Waals surface area (Å²) in [5, 5.41) is 9.19. The number of pyridine rings is 1. The van der Waals surface area contributed by atoms with Crippen molar-refractivity contribution in [1.29, 1.82) is 0 Å². The van der Waals surface area contributed by atoms with E-state index in [1.165, 1.54) is 12.3 Å². The van der Waals surface area contributed by atoms with Crippen molar-refractivity contribution < 1.29 is 5.11 Å². The van der Waals surface area contributed by atoms with Gasteiger partial charge in [0.05, 0.1) is 0 Å². The van der Waals surface area contributed by atoms with Crippen LogP contribution < -0.4 is 5.73 Å². The van der Waals surface area contributed by atoms with E-state index < -0.39 is 0 Å². The zero-order valence-electron chi connectivity index (χ0n) is 6.99. The van der Waals surface area contributed by atoms with Crippen molar-refractivity contribution in [3.63, 3.8) is 0 Å². The van der Waals surface area contributed by atoms with Crippen LogP contribution in [0, 0.1) is 11.8 Å². The Bertz CT molecular complexity index is 354.